The number of piperidine rings is 1. The summed E-state index contributed by atoms with van der Waals surface area (Å²) in [5.41, 5.74) is 2.46. The number of nitrogens with zero attached hydrogens (tertiary/aromatic N) is 2. The van der Waals surface area contributed by atoms with Gasteiger partial charge in [-0.3, -0.25) is 9.78 Å². The molecule has 1 aromatic carbocycles. The molecular weight excluding hydrogens is 302 g/mol. The number of rotatable bonds is 5. The van der Waals surface area contributed by atoms with E-state index in [1.165, 1.54) is 6.42 Å². The summed E-state index contributed by atoms with van der Waals surface area (Å²) >= 11 is 0. The summed E-state index contributed by atoms with van der Waals surface area (Å²) in [6.07, 6.45) is 5.05. The third-order valence-corrected chi connectivity index (χ3v) is 4.30. The van der Waals surface area contributed by atoms with Crippen molar-refractivity contribution in [2.24, 2.45) is 0 Å². The molecule has 3 rings (SSSR count). The van der Waals surface area contributed by atoms with Crippen molar-refractivity contribution in [2.75, 3.05) is 25.5 Å². The Hall–Kier alpha value is -2.56. The Morgan fingerprint density at radius 2 is 2.00 bits per heavy atom. The monoisotopic (exact) mass is 325 g/mol. The first-order chi connectivity index (χ1) is 11.8. The van der Waals surface area contributed by atoms with E-state index in [1.54, 1.807) is 13.3 Å². The molecule has 1 N–H and O–H groups in total. The van der Waals surface area contributed by atoms with Crippen LogP contribution in [0.1, 0.15) is 35.3 Å². The molecular formula is C19H23N3O2. The second kappa shape index (κ2) is 7.81. The SMILES string of the molecule is COc1ccccc1CNc1ccnc(C(=O)N2CCCCC2)c1. The highest BCUT2D eigenvalue weighted by atomic mass is 16.5. The summed E-state index contributed by atoms with van der Waals surface area (Å²) in [6, 6.07) is 11.6. The second-order valence-corrected chi connectivity index (χ2v) is 5.95. The number of pyridine rings is 1. The van der Waals surface area contributed by atoms with Crippen LogP contribution < -0.4 is 10.1 Å². The maximum absolute atomic E-state index is 12.5. The number of hydrogen-bond acceptors (Lipinski definition) is 4. The molecule has 2 aromatic rings. The van der Waals surface area contributed by atoms with Crippen molar-refractivity contribution in [3.05, 3.63) is 53.9 Å². The van der Waals surface area contributed by atoms with Crippen molar-refractivity contribution in [1.29, 1.82) is 0 Å². The molecule has 126 valence electrons. The standard InChI is InChI=1S/C19H23N3O2/c1-24-18-8-4-3-7-15(18)14-21-16-9-10-20-17(13-16)19(23)22-11-5-2-6-12-22/h3-4,7-10,13H,2,5-6,11-12,14H2,1H3,(H,20,21). The number of benzene rings is 1. The van der Waals surface area contributed by atoms with Gasteiger partial charge in [0.2, 0.25) is 0 Å². The molecule has 0 unspecified atom stereocenters. The first-order valence-electron chi connectivity index (χ1n) is 8.39. The number of anilines is 1. The minimum absolute atomic E-state index is 0.0237. The van der Waals surface area contributed by atoms with E-state index in [2.05, 4.69) is 10.3 Å². The molecule has 0 atom stereocenters. The normalized spacial score (nSPS) is 14.3. The van der Waals surface area contributed by atoms with Crippen LogP contribution >= 0.6 is 0 Å². The topological polar surface area (TPSA) is 54.5 Å². The average Bonchev–Trinajstić information content (AvgIpc) is 2.67. The Morgan fingerprint density at radius 3 is 2.79 bits per heavy atom. The van der Waals surface area contributed by atoms with Gasteiger partial charge in [-0.2, -0.15) is 0 Å². The van der Waals surface area contributed by atoms with Crippen LogP contribution in [0.2, 0.25) is 0 Å². The van der Waals surface area contributed by atoms with Crippen molar-refractivity contribution in [1.82, 2.24) is 9.88 Å². The number of ether oxygens (including phenoxy) is 1. The third kappa shape index (κ3) is 3.85. The number of likely N-dealkylation sites (tertiary alicyclic amines) is 1. The van der Waals surface area contributed by atoms with Crippen LogP contribution in [0.5, 0.6) is 5.75 Å². The van der Waals surface area contributed by atoms with Gasteiger partial charge in [0.1, 0.15) is 11.4 Å². The molecule has 0 spiro atoms. The largest absolute Gasteiger partial charge is 0.496 e. The van der Waals surface area contributed by atoms with E-state index < -0.39 is 0 Å². The van der Waals surface area contributed by atoms with E-state index in [0.29, 0.717) is 12.2 Å². The second-order valence-electron chi connectivity index (χ2n) is 5.95. The molecule has 1 aromatic heterocycles. The number of methoxy groups -OCH3 is 1. The van der Waals surface area contributed by atoms with Crippen LogP contribution in [0, 0.1) is 0 Å². The third-order valence-electron chi connectivity index (χ3n) is 4.30. The zero-order chi connectivity index (χ0) is 16.8. The van der Waals surface area contributed by atoms with E-state index in [0.717, 1.165) is 42.9 Å². The highest BCUT2D eigenvalue weighted by Gasteiger charge is 2.19. The molecule has 0 saturated carbocycles. The number of para-hydroxylation sites is 1. The van der Waals surface area contributed by atoms with Crippen LogP contribution in [0.15, 0.2) is 42.6 Å². The number of aromatic nitrogens is 1. The number of carbonyl (C=O) groups excluding carboxylic acids is 1. The summed E-state index contributed by atoms with van der Waals surface area (Å²) in [7, 11) is 1.67. The number of amides is 1. The minimum atomic E-state index is 0.0237. The van der Waals surface area contributed by atoms with E-state index in [-0.39, 0.29) is 5.91 Å². The molecule has 0 radical (unpaired) electrons. The van der Waals surface area contributed by atoms with Gasteiger partial charge in [-0.25, -0.2) is 0 Å². The van der Waals surface area contributed by atoms with Crippen molar-refractivity contribution >= 4 is 11.6 Å². The van der Waals surface area contributed by atoms with Gasteiger partial charge in [0.05, 0.1) is 7.11 Å². The molecule has 1 amide bonds. The summed E-state index contributed by atoms with van der Waals surface area (Å²) in [6.45, 7) is 2.30. The van der Waals surface area contributed by atoms with Crippen LogP contribution in [-0.2, 0) is 6.54 Å². The van der Waals surface area contributed by atoms with Gasteiger partial charge in [-0.1, -0.05) is 18.2 Å². The Kier molecular flexibility index (Phi) is 5.31. The lowest BCUT2D eigenvalue weighted by Crippen LogP contribution is -2.36. The quantitative estimate of drug-likeness (QED) is 0.916. The smallest absolute Gasteiger partial charge is 0.272 e. The first kappa shape index (κ1) is 16.3. The molecule has 1 aliphatic heterocycles. The maximum Gasteiger partial charge on any atom is 0.272 e. The van der Waals surface area contributed by atoms with Gasteiger partial charge in [0.15, 0.2) is 0 Å². The van der Waals surface area contributed by atoms with Gasteiger partial charge in [0, 0.05) is 37.1 Å². The number of carbonyl (C=O) groups is 1. The Morgan fingerprint density at radius 1 is 1.21 bits per heavy atom. The van der Waals surface area contributed by atoms with Gasteiger partial charge in [-0.15, -0.1) is 0 Å². The Labute approximate surface area is 142 Å². The van der Waals surface area contributed by atoms with E-state index in [1.807, 2.05) is 41.3 Å². The van der Waals surface area contributed by atoms with Crippen molar-refractivity contribution in [3.63, 3.8) is 0 Å². The molecule has 1 saturated heterocycles. The molecule has 0 bridgehead atoms. The molecule has 1 fully saturated rings. The lowest BCUT2D eigenvalue weighted by Gasteiger charge is -2.26. The van der Waals surface area contributed by atoms with Crippen LogP contribution in [-0.4, -0.2) is 36.0 Å². The lowest BCUT2D eigenvalue weighted by molar-refractivity contribution is 0.0718. The molecule has 5 heteroatoms. The van der Waals surface area contributed by atoms with Crippen LogP contribution in [0.4, 0.5) is 5.69 Å². The molecule has 1 aliphatic rings. The summed E-state index contributed by atoms with van der Waals surface area (Å²) in [5, 5.41) is 3.34. The zero-order valence-electron chi connectivity index (χ0n) is 14.0. The van der Waals surface area contributed by atoms with E-state index >= 15 is 0 Å². The fourth-order valence-corrected chi connectivity index (χ4v) is 2.96. The van der Waals surface area contributed by atoms with E-state index in [9.17, 15) is 4.79 Å². The molecule has 0 aliphatic carbocycles. The van der Waals surface area contributed by atoms with Crippen LogP contribution in [0.3, 0.4) is 0 Å². The molecule has 24 heavy (non-hydrogen) atoms. The van der Waals surface area contributed by atoms with Crippen molar-refractivity contribution in [2.45, 2.75) is 25.8 Å². The highest BCUT2D eigenvalue weighted by molar-refractivity contribution is 5.93. The summed E-state index contributed by atoms with van der Waals surface area (Å²) in [5.74, 6) is 0.874. The highest BCUT2D eigenvalue weighted by Crippen LogP contribution is 2.20. The maximum atomic E-state index is 12.5. The summed E-state index contributed by atoms with van der Waals surface area (Å²) in [4.78, 5) is 18.7. The van der Waals surface area contributed by atoms with Crippen LogP contribution in [0.25, 0.3) is 0 Å². The fourth-order valence-electron chi connectivity index (χ4n) is 2.96. The zero-order valence-corrected chi connectivity index (χ0v) is 14.0. The van der Waals surface area contributed by atoms with Gasteiger partial charge >= 0.3 is 0 Å². The van der Waals surface area contributed by atoms with E-state index in [4.69, 9.17) is 4.74 Å². The lowest BCUT2D eigenvalue weighted by atomic mass is 10.1. The predicted octanol–water partition coefficient (Wildman–Crippen LogP) is 3.33. The summed E-state index contributed by atoms with van der Waals surface area (Å²) < 4.78 is 5.36. The van der Waals surface area contributed by atoms with Crippen molar-refractivity contribution in [3.8, 4) is 5.75 Å². The van der Waals surface area contributed by atoms with Gasteiger partial charge < -0.3 is 15.0 Å². The van der Waals surface area contributed by atoms with Crippen molar-refractivity contribution < 1.29 is 9.53 Å². The number of hydrogen-bond donors (Lipinski definition) is 1. The number of nitrogens with one attached hydrogen (secondary N) is 1. The molecule has 5 nitrogen and oxygen atoms in total. The first-order valence-corrected chi connectivity index (χ1v) is 8.39. The van der Waals surface area contributed by atoms with Gasteiger partial charge in [-0.05, 0) is 37.5 Å². The molecule has 2 heterocycles. The Bertz CT molecular complexity index is 697. The Balaban J connectivity index is 1.67. The predicted molar refractivity (Wildman–Crippen MR) is 94.3 cm³/mol. The fraction of sp³-hybridized carbons (Fsp3) is 0.368. The minimum Gasteiger partial charge on any atom is -0.496 e. The van der Waals surface area contributed by atoms with Gasteiger partial charge in [0.25, 0.3) is 5.91 Å². The average molecular weight is 325 g/mol.